The Morgan fingerprint density at radius 1 is 1.38 bits per heavy atom. The molecule has 3 rings (SSSR count). The van der Waals surface area contributed by atoms with Crippen molar-refractivity contribution in [2.24, 2.45) is 0 Å². The lowest BCUT2D eigenvalue weighted by atomic mass is 10.2. The average Bonchev–Trinajstić information content (AvgIpc) is 2.86. The molecule has 0 aliphatic carbocycles. The second kappa shape index (κ2) is 3.76. The summed E-state index contributed by atoms with van der Waals surface area (Å²) in [5.74, 6) is 0. The average molecular weight is 213 g/mol. The minimum absolute atomic E-state index is 0.444. The van der Waals surface area contributed by atoms with Gasteiger partial charge in [-0.2, -0.15) is 5.10 Å². The van der Waals surface area contributed by atoms with E-state index in [9.17, 15) is 0 Å². The molecule has 1 N–H and O–H groups in total. The van der Waals surface area contributed by atoms with E-state index in [1.54, 1.807) is 0 Å². The maximum absolute atomic E-state index is 4.46. The molecule has 2 aromatic rings. The Morgan fingerprint density at radius 2 is 2.19 bits per heavy atom. The highest BCUT2D eigenvalue weighted by Crippen LogP contribution is 2.24. The predicted molar refractivity (Wildman–Crippen MR) is 63.0 cm³/mol. The third kappa shape index (κ3) is 1.53. The maximum Gasteiger partial charge on any atom is 0.0663 e. The Hall–Kier alpha value is -1.61. The molecule has 0 amide bonds. The summed E-state index contributed by atoms with van der Waals surface area (Å²) >= 11 is 0. The van der Waals surface area contributed by atoms with Crippen LogP contribution in [0.25, 0.3) is 0 Å². The van der Waals surface area contributed by atoms with Crippen molar-refractivity contribution in [2.75, 3.05) is 0 Å². The van der Waals surface area contributed by atoms with Crippen molar-refractivity contribution in [2.45, 2.75) is 26.1 Å². The highest BCUT2D eigenvalue weighted by molar-refractivity contribution is 5.27. The number of hydrogen-bond donors (Lipinski definition) is 1. The minimum Gasteiger partial charge on any atom is -0.304 e. The van der Waals surface area contributed by atoms with Gasteiger partial charge in [0.1, 0.15) is 0 Å². The third-order valence-electron chi connectivity index (χ3n) is 3.20. The first-order chi connectivity index (χ1) is 7.84. The summed E-state index contributed by atoms with van der Waals surface area (Å²) in [4.78, 5) is 0. The number of nitrogens with one attached hydrogen (secondary N) is 1. The van der Waals surface area contributed by atoms with Crippen molar-refractivity contribution >= 4 is 0 Å². The molecule has 1 aromatic heterocycles. The lowest BCUT2D eigenvalue weighted by Gasteiger charge is -2.05. The lowest BCUT2D eigenvalue weighted by Crippen LogP contribution is -2.11. The van der Waals surface area contributed by atoms with Gasteiger partial charge in [-0.25, -0.2) is 0 Å². The van der Waals surface area contributed by atoms with Gasteiger partial charge in [0.25, 0.3) is 0 Å². The van der Waals surface area contributed by atoms with E-state index >= 15 is 0 Å². The van der Waals surface area contributed by atoms with Crippen LogP contribution in [-0.4, -0.2) is 9.78 Å². The van der Waals surface area contributed by atoms with Gasteiger partial charge in [0, 0.05) is 18.2 Å². The molecule has 3 heteroatoms. The number of benzene rings is 1. The minimum atomic E-state index is 0.444. The topological polar surface area (TPSA) is 29.9 Å². The normalized spacial score (nSPS) is 18.7. The fourth-order valence-corrected chi connectivity index (χ4v) is 2.23. The molecule has 2 heterocycles. The monoisotopic (exact) mass is 213 g/mol. The van der Waals surface area contributed by atoms with Crippen LogP contribution in [0.5, 0.6) is 0 Å². The zero-order chi connectivity index (χ0) is 11.0. The van der Waals surface area contributed by atoms with Crippen molar-refractivity contribution in [3.63, 3.8) is 0 Å². The number of nitrogens with zero attached hydrogens (tertiary/aromatic N) is 2. The van der Waals surface area contributed by atoms with Gasteiger partial charge in [-0.05, 0) is 12.5 Å². The van der Waals surface area contributed by atoms with Gasteiger partial charge in [-0.3, -0.25) is 4.68 Å². The standard InChI is InChI=1S/C13H15N3/c1-10-12-7-15-16(13(12)8-14-10)9-11-5-3-2-4-6-11/h2-7,10,14H,8-9H2,1H3/t10-/m1/s1. The van der Waals surface area contributed by atoms with Gasteiger partial charge in [0.15, 0.2) is 0 Å². The zero-order valence-electron chi connectivity index (χ0n) is 9.35. The molecule has 1 aliphatic rings. The Labute approximate surface area is 95.1 Å². The van der Waals surface area contributed by atoms with Gasteiger partial charge in [0.05, 0.1) is 18.4 Å². The van der Waals surface area contributed by atoms with Crippen LogP contribution in [0.3, 0.4) is 0 Å². The second-order valence-electron chi connectivity index (χ2n) is 4.29. The van der Waals surface area contributed by atoms with E-state index in [0.29, 0.717) is 6.04 Å². The van der Waals surface area contributed by atoms with E-state index in [0.717, 1.165) is 13.1 Å². The van der Waals surface area contributed by atoms with Crippen LogP contribution >= 0.6 is 0 Å². The molecule has 0 bridgehead atoms. The summed E-state index contributed by atoms with van der Waals surface area (Å²) in [6, 6.07) is 10.9. The summed E-state index contributed by atoms with van der Waals surface area (Å²) in [5, 5.41) is 7.89. The van der Waals surface area contributed by atoms with Gasteiger partial charge in [0.2, 0.25) is 0 Å². The van der Waals surface area contributed by atoms with Crippen molar-refractivity contribution in [1.82, 2.24) is 15.1 Å². The molecule has 16 heavy (non-hydrogen) atoms. The predicted octanol–water partition coefficient (Wildman–Crippen LogP) is 2.10. The van der Waals surface area contributed by atoms with Crippen molar-refractivity contribution in [3.8, 4) is 0 Å². The van der Waals surface area contributed by atoms with Crippen LogP contribution < -0.4 is 5.32 Å². The molecule has 0 unspecified atom stereocenters. The highest BCUT2D eigenvalue weighted by atomic mass is 15.3. The maximum atomic E-state index is 4.46. The van der Waals surface area contributed by atoms with Crippen molar-refractivity contribution in [3.05, 3.63) is 53.3 Å². The van der Waals surface area contributed by atoms with Crippen LogP contribution in [0.2, 0.25) is 0 Å². The van der Waals surface area contributed by atoms with Crippen LogP contribution in [0.1, 0.15) is 29.8 Å². The summed E-state index contributed by atoms with van der Waals surface area (Å²) < 4.78 is 2.10. The number of hydrogen-bond acceptors (Lipinski definition) is 2. The number of fused-ring (bicyclic) bond motifs is 1. The molecule has 0 fully saturated rings. The van der Waals surface area contributed by atoms with Crippen LogP contribution in [0, 0.1) is 0 Å². The number of rotatable bonds is 2. The molecule has 1 aromatic carbocycles. The summed E-state index contributed by atoms with van der Waals surface area (Å²) in [6.07, 6.45) is 1.99. The molecular weight excluding hydrogens is 198 g/mol. The van der Waals surface area contributed by atoms with Crippen LogP contribution in [0.4, 0.5) is 0 Å². The van der Waals surface area contributed by atoms with Gasteiger partial charge < -0.3 is 5.32 Å². The zero-order valence-corrected chi connectivity index (χ0v) is 9.35. The van der Waals surface area contributed by atoms with Gasteiger partial charge in [-0.1, -0.05) is 30.3 Å². The molecule has 3 nitrogen and oxygen atoms in total. The quantitative estimate of drug-likeness (QED) is 0.828. The lowest BCUT2D eigenvalue weighted by molar-refractivity contribution is 0.588. The van der Waals surface area contributed by atoms with Crippen molar-refractivity contribution in [1.29, 1.82) is 0 Å². The van der Waals surface area contributed by atoms with E-state index in [-0.39, 0.29) is 0 Å². The van der Waals surface area contributed by atoms with Gasteiger partial charge >= 0.3 is 0 Å². The van der Waals surface area contributed by atoms with E-state index in [2.05, 4.69) is 46.3 Å². The van der Waals surface area contributed by atoms with E-state index in [1.165, 1.54) is 16.8 Å². The molecule has 82 valence electrons. The fourth-order valence-electron chi connectivity index (χ4n) is 2.23. The molecule has 0 saturated carbocycles. The van der Waals surface area contributed by atoms with E-state index in [1.807, 2.05) is 12.3 Å². The summed E-state index contributed by atoms with van der Waals surface area (Å²) in [5.41, 5.74) is 3.97. The highest BCUT2D eigenvalue weighted by Gasteiger charge is 2.22. The Morgan fingerprint density at radius 3 is 3.00 bits per heavy atom. The molecule has 0 radical (unpaired) electrons. The first kappa shape index (κ1) is 9.60. The van der Waals surface area contributed by atoms with Crippen LogP contribution in [0.15, 0.2) is 36.5 Å². The first-order valence-electron chi connectivity index (χ1n) is 5.66. The number of aromatic nitrogens is 2. The van der Waals surface area contributed by atoms with Crippen molar-refractivity contribution < 1.29 is 0 Å². The molecule has 0 saturated heterocycles. The molecule has 0 spiro atoms. The second-order valence-corrected chi connectivity index (χ2v) is 4.29. The Balaban J connectivity index is 1.89. The molecule has 1 aliphatic heterocycles. The van der Waals surface area contributed by atoms with E-state index < -0.39 is 0 Å². The van der Waals surface area contributed by atoms with E-state index in [4.69, 9.17) is 0 Å². The summed E-state index contributed by atoms with van der Waals surface area (Å²) in [7, 11) is 0. The van der Waals surface area contributed by atoms with Crippen LogP contribution in [-0.2, 0) is 13.1 Å². The third-order valence-corrected chi connectivity index (χ3v) is 3.20. The molecular formula is C13H15N3. The Bertz CT molecular complexity index is 487. The van der Waals surface area contributed by atoms with Gasteiger partial charge in [-0.15, -0.1) is 0 Å². The summed E-state index contributed by atoms with van der Waals surface area (Å²) in [6.45, 7) is 3.98. The fraction of sp³-hybridized carbons (Fsp3) is 0.308. The SMILES string of the molecule is C[C@H]1NCc2c1cnn2Cc1ccccc1. The smallest absolute Gasteiger partial charge is 0.0663 e. The first-order valence-corrected chi connectivity index (χ1v) is 5.66. The largest absolute Gasteiger partial charge is 0.304 e. The molecule has 1 atom stereocenters. The Kier molecular flexibility index (Phi) is 2.26.